The maximum Gasteiger partial charge on any atom is 0.265 e. The van der Waals surface area contributed by atoms with Gasteiger partial charge in [0.25, 0.3) is 5.91 Å². The minimum atomic E-state index is -0.109. The fourth-order valence-corrected chi connectivity index (χ4v) is 2.59. The van der Waals surface area contributed by atoms with Crippen LogP contribution in [0.15, 0.2) is 30.3 Å². The van der Waals surface area contributed by atoms with Gasteiger partial charge < -0.3 is 11.1 Å². The molecule has 0 atom stereocenters. The maximum atomic E-state index is 12.0. The number of rotatable bonds is 3. The number of anilines is 2. The third-order valence-corrected chi connectivity index (χ3v) is 4.08. The van der Waals surface area contributed by atoms with Gasteiger partial charge in [-0.15, -0.1) is 11.3 Å². The van der Waals surface area contributed by atoms with Gasteiger partial charge in [-0.2, -0.15) is 0 Å². The van der Waals surface area contributed by atoms with Crippen LogP contribution >= 0.6 is 11.3 Å². The van der Waals surface area contributed by atoms with Gasteiger partial charge in [0.1, 0.15) is 0 Å². The van der Waals surface area contributed by atoms with Crippen molar-refractivity contribution in [3.8, 4) is 0 Å². The Morgan fingerprint density at radius 1 is 1.26 bits per heavy atom. The van der Waals surface area contributed by atoms with Crippen LogP contribution in [0.4, 0.5) is 11.4 Å². The number of nitrogen functional groups attached to an aromatic ring is 1. The summed E-state index contributed by atoms with van der Waals surface area (Å²) in [6, 6.07) is 9.65. The lowest BCUT2D eigenvalue weighted by molar-refractivity contribution is 0.103. The minimum absolute atomic E-state index is 0.109. The summed E-state index contributed by atoms with van der Waals surface area (Å²) in [6.07, 6.45) is 0. The first-order valence-electron chi connectivity index (χ1n) is 6.24. The highest BCUT2D eigenvalue weighted by molar-refractivity contribution is 7.14. The first kappa shape index (κ1) is 13.6. The fraction of sp³-hybridized carbons (Fsp3) is 0.267. The highest BCUT2D eigenvalue weighted by Gasteiger charge is 2.11. The molecular weight excluding hydrogens is 256 g/mol. The predicted molar refractivity (Wildman–Crippen MR) is 82.0 cm³/mol. The van der Waals surface area contributed by atoms with E-state index < -0.39 is 0 Å². The Morgan fingerprint density at radius 2 is 1.89 bits per heavy atom. The van der Waals surface area contributed by atoms with E-state index in [1.54, 1.807) is 6.07 Å². The molecule has 0 radical (unpaired) electrons. The van der Waals surface area contributed by atoms with Crippen molar-refractivity contribution in [2.45, 2.75) is 26.7 Å². The molecule has 0 saturated heterocycles. The number of thiophene rings is 1. The third-order valence-electron chi connectivity index (χ3n) is 3.02. The average molecular weight is 274 g/mol. The number of carbonyl (C=O) groups is 1. The van der Waals surface area contributed by atoms with Gasteiger partial charge >= 0.3 is 0 Å². The first-order chi connectivity index (χ1) is 8.97. The van der Waals surface area contributed by atoms with Crippen molar-refractivity contribution in [1.82, 2.24) is 0 Å². The Hall–Kier alpha value is -1.81. The summed E-state index contributed by atoms with van der Waals surface area (Å²) in [5, 5.41) is 2.88. The number of nitrogens with one attached hydrogen (secondary N) is 1. The summed E-state index contributed by atoms with van der Waals surface area (Å²) >= 11 is 1.41. The second kappa shape index (κ2) is 5.45. The van der Waals surface area contributed by atoms with Crippen molar-refractivity contribution in [3.63, 3.8) is 0 Å². The molecular formula is C15H18N2OS. The summed E-state index contributed by atoms with van der Waals surface area (Å²) in [6.45, 7) is 6.20. The van der Waals surface area contributed by atoms with Crippen LogP contribution in [-0.2, 0) is 0 Å². The molecule has 3 nitrogen and oxygen atoms in total. The van der Waals surface area contributed by atoms with Crippen LogP contribution in [0.1, 0.15) is 39.9 Å². The third kappa shape index (κ3) is 3.15. The lowest BCUT2D eigenvalue weighted by Gasteiger charge is -2.07. The first-order valence-corrected chi connectivity index (χ1v) is 7.06. The molecule has 19 heavy (non-hydrogen) atoms. The van der Waals surface area contributed by atoms with Gasteiger partial charge in [-0.25, -0.2) is 0 Å². The number of hydrogen-bond acceptors (Lipinski definition) is 3. The standard InChI is InChI=1S/C15H18N2OS/c1-9(2)11-4-6-12(7-5-11)17-15(18)14-8-13(16)10(3)19-14/h4-9H,16H2,1-3H3,(H,17,18). The second-order valence-corrected chi connectivity index (χ2v) is 6.11. The molecule has 2 rings (SSSR count). The van der Waals surface area contributed by atoms with E-state index in [0.29, 0.717) is 16.5 Å². The van der Waals surface area contributed by atoms with E-state index in [-0.39, 0.29) is 5.91 Å². The molecule has 1 aromatic carbocycles. The molecule has 0 aliphatic carbocycles. The van der Waals surface area contributed by atoms with Gasteiger partial charge in [0.15, 0.2) is 0 Å². The highest BCUT2D eigenvalue weighted by atomic mass is 32.1. The van der Waals surface area contributed by atoms with Crippen LogP contribution in [-0.4, -0.2) is 5.91 Å². The second-order valence-electron chi connectivity index (χ2n) is 4.85. The van der Waals surface area contributed by atoms with E-state index in [0.717, 1.165) is 10.6 Å². The summed E-state index contributed by atoms with van der Waals surface area (Å²) < 4.78 is 0. The van der Waals surface area contributed by atoms with E-state index in [1.165, 1.54) is 16.9 Å². The van der Waals surface area contributed by atoms with Crippen molar-refractivity contribution in [1.29, 1.82) is 0 Å². The molecule has 1 amide bonds. The Bertz CT molecular complexity index is 565. The van der Waals surface area contributed by atoms with Crippen LogP contribution in [0.5, 0.6) is 0 Å². The van der Waals surface area contributed by atoms with Crippen LogP contribution in [0.25, 0.3) is 0 Å². The molecule has 100 valence electrons. The van der Waals surface area contributed by atoms with Crippen LogP contribution in [0.2, 0.25) is 0 Å². The van der Waals surface area contributed by atoms with E-state index >= 15 is 0 Å². The normalized spacial score (nSPS) is 10.7. The Labute approximate surface area is 117 Å². The molecule has 0 aliphatic rings. The van der Waals surface area contributed by atoms with Crippen LogP contribution in [0, 0.1) is 6.92 Å². The quantitative estimate of drug-likeness (QED) is 0.888. The summed E-state index contributed by atoms with van der Waals surface area (Å²) in [4.78, 5) is 13.7. The van der Waals surface area contributed by atoms with Crippen LogP contribution in [0.3, 0.4) is 0 Å². The zero-order valence-corrected chi connectivity index (χ0v) is 12.2. The zero-order chi connectivity index (χ0) is 14.0. The summed E-state index contributed by atoms with van der Waals surface area (Å²) in [7, 11) is 0. The average Bonchev–Trinajstić information content (AvgIpc) is 2.70. The molecule has 0 saturated carbocycles. The number of amides is 1. The Morgan fingerprint density at radius 3 is 2.37 bits per heavy atom. The van der Waals surface area contributed by atoms with Crippen molar-refractivity contribution >= 4 is 28.6 Å². The summed E-state index contributed by atoms with van der Waals surface area (Å²) in [5.74, 6) is 0.381. The minimum Gasteiger partial charge on any atom is -0.398 e. The maximum absolute atomic E-state index is 12.0. The van der Waals surface area contributed by atoms with E-state index in [2.05, 4.69) is 19.2 Å². The smallest absolute Gasteiger partial charge is 0.265 e. The summed E-state index contributed by atoms with van der Waals surface area (Å²) in [5.41, 5.74) is 8.49. The molecule has 2 aromatic rings. The molecule has 4 heteroatoms. The van der Waals surface area contributed by atoms with Gasteiger partial charge in [-0.3, -0.25) is 4.79 Å². The topological polar surface area (TPSA) is 55.1 Å². The molecule has 0 aliphatic heterocycles. The number of benzene rings is 1. The number of hydrogen-bond donors (Lipinski definition) is 2. The molecule has 0 fully saturated rings. The highest BCUT2D eigenvalue weighted by Crippen LogP contribution is 2.24. The van der Waals surface area contributed by atoms with Gasteiger partial charge in [0.05, 0.1) is 4.88 Å². The van der Waals surface area contributed by atoms with Gasteiger partial charge in [-0.05, 0) is 36.6 Å². The largest absolute Gasteiger partial charge is 0.398 e. The SMILES string of the molecule is Cc1sc(C(=O)Nc2ccc(C(C)C)cc2)cc1N. The molecule has 1 heterocycles. The van der Waals surface area contributed by atoms with Crippen LogP contribution < -0.4 is 11.1 Å². The van der Waals surface area contributed by atoms with Gasteiger partial charge in [0.2, 0.25) is 0 Å². The Balaban J connectivity index is 2.10. The van der Waals surface area contributed by atoms with Gasteiger partial charge in [-0.1, -0.05) is 26.0 Å². The van der Waals surface area contributed by atoms with E-state index in [1.807, 2.05) is 31.2 Å². The van der Waals surface area contributed by atoms with Gasteiger partial charge in [0, 0.05) is 16.3 Å². The van der Waals surface area contributed by atoms with Crippen molar-refractivity contribution < 1.29 is 4.79 Å². The van der Waals surface area contributed by atoms with E-state index in [4.69, 9.17) is 5.73 Å². The molecule has 1 aromatic heterocycles. The number of nitrogens with two attached hydrogens (primary N) is 1. The molecule has 0 unspecified atom stereocenters. The number of aryl methyl sites for hydroxylation is 1. The molecule has 0 bridgehead atoms. The zero-order valence-electron chi connectivity index (χ0n) is 11.4. The monoisotopic (exact) mass is 274 g/mol. The lowest BCUT2D eigenvalue weighted by atomic mass is 10.0. The van der Waals surface area contributed by atoms with Crippen molar-refractivity contribution in [3.05, 3.63) is 45.6 Å². The number of carbonyl (C=O) groups excluding carboxylic acids is 1. The van der Waals surface area contributed by atoms with E-state index in [9.17, 15) is 4.79 Å². The lowest BCUT2D eigenvalue weighted by Crippen LogP contribution is -2.10. The molecule has 0 spiro atoms. The van der Waals surface area contributed by atoms with Crippen molar-refractivity contribution in [2.24, 2.45) is 0 Å². The predicted octanol–water partition coefficient (Wildman–Crippen LogP) is 4.01. The van der Waals surface area contributed by atoms with Crippen molar-refractivity contribution in [2.75, 3.05) is 11.1 Å². The molecule has 3 N–H and O–H groups in total. The Kier molecular flexibility index (Phi) is 3.90. The fourth-order valence-electron chi connectivity index (χ4n) is 1.75.